The molecule has 8 heteroatoms. The SMILES string of the molecule is O=C(c1cccs1)N1CCN([C@H](CNS(=O)(=O)c2ccccc2)c2ccccc2)CC1. The molecule has 1 amide bonds. The number of amides is 1. The van der Waals surface area contributed by atoms with Crippen molar-refractivity contribution in [3.8, 4) is 0 Å². The van der Waals surface area contributed by atoms with E-state index < -0.39 is 10.0 Å². The zero-order valence-corrected chi connectivity index (χ0v) is 18.7. The van der Waals surface area contributed by atoms with Crippen LogP contribution >= 0.6 is 11.3 Å². The third-order valence-electron chi connectivity index (χ3n) is 5.48. The molecule has 1 atom stereocenters. The first-order chi connectivity index (χ1) is 15.0. The number of carbonyl (C=O) groups excluding carboxylic acids is 1. The molecule has 1 fully saturated rings. The highest BCUT2D eigenvalue weighted by atomic mass is 32.2. The van der Waals surface area contributed by atoms with E-state index in [1.54, 1.807) is 30.3 Å². The third-order valence-corrected chi connectivity index (χ3v) is 7.78. The summed E-state index contributed by atoms with van der Waals surface area (Å²) in [6, 6.07) is 21.9. The number of rotatable bonds is 7. The molecule has 1 aliphatic rings. The Morgan fingerprint density at radius 2 is 1.55 bits per heavy atom. The number of nitrogens with one attached hydrogen (secondary N) is 1. The van der Waals surface area contributed by atoms with Gasteiger partial charge in [-0.15, -0.1) is 11.3 Å². The van der Waals surface area contributed by atoms with Gasteiger partial charge in [0, 0.05) is 38.8 Å². The van der Waals surface area contributed by atoms with Crippen LogP contribution in [0.4, 0.5) is 0 Å². The molecule has 0 radical (unpaired) electrons. The van der Waals surface area contributed by atoms with Gasteiger partial charge in [0.25, 0.3) is 5.91 Å². The fourth-order valence-electron chi connectivity index (χ4n) is 3.80. The van der Waals surface area contributed by atoms with Crippen LogP contribution in [0.1, 0.15) is 21.3 Å². The Balaban J connectivity index is 1.46. The van der Waals surface area contributed by atoms with Crippen LogP contribution in [0.25, 0.3) is 0 Å². The average molecular weight is 456 g/mol. The molecule has 6 nitrogen and oxygen atoms in total. The molecule has 162 valence electrons. The van der Waals surface area contributed by atoms with Crippen molar-refractivity contribution < 1.29 is 13.2 Å². The van der Waals surface area contributed by atoms with E-state index in [4.69, 9.17) is 0 Å². The average Bonchev–Trinajstić information content (AvgIpc) is 3.35. The first-order valence-corrected chi connectivity index (χ1v) is 12.6. The molecule has 2 aromatic carbocycles. The molecule has 1 aromatic heterocycles. The summed E-state index contributed by atoms with van der Waals surface area (Å²) in [5.41, 5.74) is 1.05. The summed E-state index contributed by atoms with van der Waals surface area (Å²) in [6.45, 7) is 2.87. The molecule has 0 aliphatic carbocycles. The minimum absolute atomic E-state index is 0.0655. The van der Waals surface area contributed by atoms with Crippen LogP contribution in [0.3, 0.4) is 0 Å². The minimum atomic E-state index is -3.60. The summed E-state index contributed by atoms with van der Waals surface area (Å²) in [7, 11) is -3.60. The number of sulfonamides is 1. The molecule has 1 aliphatic heterocycles. The van der Waals surface area contributed by atoms with E-state index in [1.807, 2.05) is 52.7 Å². The first kappa shape index (κ1) is 21.7. The molecule has 0 spiro atoms. The highest BCUT2D eigenvalue weighted by molar-refractivity contribution is 7.89. The van der Waals surface area contributed by atoms with Gasteiger partial charge in [0.1, 0.15) is 0 Å². The van der Waals surface area contributed by atoms with E-state index in [2.05, 4.69) is 9.62 Å². The van der Waals surface area contributed by atoms with Crippen molar-refractivity contribution in [2.75, 3.05) is 32.7 Å². The highest BCUT2D eigenvalue weighted by Gasteiger charge is 2.29. The monoisotopic (exact) mass is 455 g/mol. The van der Waals surface area contributed by atoms with E-state index in [-0.39, 0.29) is 23.4 Å². The van der Waals surface area contributed by atoms with Crippen molar-refractivity contribution in [1.29, 1.82) is 0 Å². The molecule has 0 saturated carbocycles. The number of piperazine rings is 1. The Labute approximate surface area is 187 Å². The van der Waals surface area contributed by atoms with E-state index in [0.717, 1.165) is 10.4 Å². The van der Waals surface area contributed by atoms with Crippen molar-refractivity contribution in [2.45, 2.75) is 10.9 Å². The Bertz CT molecular complexity index is 1080. The van der Waals surface area contributed by atoms with Crippen LogP contribution in [0.5, 0.6) is 0 Å². The minimum Gasteiger partial charge on any atom is -0.335 e. The fourth-order valence-corrected chi connectivity index (χ4v) is 5.55. The predicted octanol–water partition coefficient (Wildman–Crippen LogP) is 3.23. The van der Waals surface area contributed by atoms with Crippen LogP contribution in [0, 0.1) is 0 Å². The van der Waals surface area contributed by atoms with Gasteiger partial charge in [-0.3, -0.25) is 9.69 Å². The maximum atomic E-state index is 12.7. The molecule has 1 N–H and O–H groups in total. The van der Waals surface area contributed by atoms with Gasteiger partial charge < -0.3 is 4.90 Å². The Morgan fingerprint density at radius 3 is 2.16 bits per heavy atom. The van der Waals surface area contributed by atoms with Gasteiger partial charge in [-0.25, -0.2) is 13.1 Å². The van der Waals surface area contributed by atoms with Crippen molar-refractivity contribution in [3.05, 3.63) is 88.6 Å². The van der Waals surface area contributed by atoms with Crippen LogP contribution in [-0.2, 0) is 10.0 Å². The summed E-state index contributed by atoms with van der Waals surface area (Å²) in [5, 5.41) is 1.91. The lowest BCUT2D eigenvalue weighted by Crippen LogP contribution is -2.51. The number of hydrogen-bond acceptors (Lipinski definition) is 5. The molecule has 4 rings (SSSR count). The summed E-state index contributed by atoms with van der Waals surface area (Å²) in [5.74, 6) is 0.0655. The Hall–Kier alpha value is -2.52. The van der Waals surface area contributed by atoms with E-state index in [0.29, 0.717) is 26.2 Å². The zero-order valence-electron chi connectivity index (χ0n) is 17.1. The maximum absolute atomic E-state index is 12.7. The summed E-state index contributed by atoms with van der Waals surface area (Å²) >= 11 is 1.46. The largest absolute Gasteiger partial charge is 0.335 e. The summed E-state index contributed by atoms with van der Waals surface area (Å²) < 4.78 is 28.3. The number of nitrogens with zero attached hydrogens (tertiary/aromatic N) is 2. The number of hydrogen-bond donors (Lipinski definition) is 1. The fraction of sp³-hybridized carbons (Fsp3) is 0.261. The molecule has 2 heterocycles. The van der Waals surface area contributed by atoms with Gasteiger partial charge >= 0.3 is 0 Å². The van der Waals surface area contributed by atoms with Crippen molar-refractivity contribution >= 4 is 27.3 Å². The molecule has 31 heavy (non-hydrogen) atoms. The normalized spacial score (nSPS) is 16.2. The van der Waals surface area contributed by atoms with Crippen LogP contribution in [0.15, 0.2) is 83.1 Å². The smallest absolute Gasteiger partial charge is 0.264 e. The Kier molecular flexibility index (Phi) is 6.82. The second kappa shape index (κ2) is 9.74. The first-order valence-electron chi connectivity index (χ1n) is 10.2. The summed E-state index contributed by atoms with van der Waals surface area (Å²) in [6.07, 6.45) is 0. The van der Waals surface area contributed by atoms with Gasteiger partial charge in [0.05, 0.1) is 9.77 Å². The van der Waals surface area contributed by atoms with Crippen molar-refractivity contribution in [3.63, 3.8) is 0 Å². The number of carbonyl (C=O) groups is 1. The molecule has 0 bridgehead atoms. The molecule has 3 aromatic rings. The second-order valence-corrected chi connectivity index (χ2v) is 10.1. The molecule has 1 saturated heterocycles. The van der Waals surface area contributed by atoms with Gasteiger partial charge in [-0.1, -0.05) is 54.6 Å². The van der Waals surface area contributed by atoms with E-state index in [9.17, 15) is 13.2 Å². The number of thiophene rings is 1. The number of benzene rings is 2. The molecule has 0 unspecified atom stereocenters. The predicted molar refractivity (Wildman–Crippen MR) is 123 cm³/mol. The highest BCUT2D eigenvalue weighted by Crippen LogP contribution is 2.23. The van der Waals surface area contributed by atoms with Crippen LogP contribution < -0.4 is 4.72 Å². The van der Waals surface area contributed by atoms with Gasteiger partial charge in [-0.2, -0.15) is 0 Å². The Morgan fingerprint density at radius 1 is 0.903 bits per heavy atom. The molecular weight excluding hydrogens is 430 g/mol. The topological polar surface area (TPSA) is 69.7 Å². The van der Waals surface area contributed by atoms with Gasteiger partial charge in [-0.05, 0) is 29.1 Å². The third kappa shape index (κ3) is 5.22. The summed E-state index contributed by atoms with van der Waals surface area (Å²) in [4.78, 5) is 17.8. The molecular formula is C23H25N3O3S2. The van der Waals surface area contributed by atoms with E-state index >= 15 is 0 Å². The second-order valence-electron chi connectivity index (χ2n) is 7.40. The van der Waals surface area contributed by atoms with Crippen LogP contribution in [0.2, 0.25) is 0 Å². The van der Waals surface area contributed by atoms with Crippen molar-refractivity contribution in [2.24, 2.45) is 0 Å². The maximum Gasteiger partial charge on any atom is 0.264 e. The van der Waals surface area contributed by atoms with Gasteiger partial charge in [0.2, 0.25) is 10.0 Å². The quantitative estimate of drug-likeness (QED) is 0.594. The lowest BCUT2D eigenvalue weighted by molar-refractivity contribution is 0.0575. The zero-order chi connectivity index (χ0) is 21.7. The van der Waals surface area contributed by atoms with Crippen molar-refractivity contribution in [1.82, 2.24) is 14.5 Å². The lowest BCUT2D eigenvalue weighted by Gasteiger charge is -2.39. The van der Waals surface area contributed by atoms with E-state index in [1.165, 1.54) is 11.3 Å². The van der Waals surface area contributed by atoms with Gasteiger partial charge in [0.15, 0.2) is 0 Å². The van der Waals surface area contributed by atoms with Crippen LogP contribution in [-0.4, -0.2) is 56.8 Å². The standard InChI is InChI=1S/C23H25N3O3S2/c27-23(22-12-7-17-30-22)26-15-13-25(14-16-26)21(19-8-3-1-4-9-19)18-24-31(28,29)20-10-5-2-6-11-20/h1-12,17,21,24H,13-16,18H2/t21-/m1/s1. The lowest BCUT2D eigenvalue weighted by atomic mass is 10.0.